The number of hydrogen-bond acceptors (Lipinski definition) is 3. The Morgan fingerprint density at radius 3 is 2.69 bits per heavy atom. The summed E-state index contributed by atoms with van der Waals surface area (Å²) in [6.45, 7) is 9.36. The minimum absolute atomic E-state index is 0.0456. The Bertz CT molecular complexity index is 228. The molecule has 0 aromatic heterocycles. The van der Waals surface area contributed by atoms with Crippen molar-refractivity contribution in [2.45, 2.75) is 45.7 Å². The molecule has 1 aliphatic rings. The van der Waals surface area contributed by atoms with Crippen LogP contribution in [0, 0.1) is 5.92 Å². The Kier molecular flexibility index (Phi) is 5.22. The Morgan fingerprint density at radius 2 is 2.19 bits per heavy atom. The predicted molar refractivity (Wildman–Crippen MR) is 66.1 cm³/mol. The van der Waals surface area contributed by atoms with Gasteiger partial charge in [-0.15, -0.1) is 0 Å². The number of nitrogens with two attached hydrogens (primary N) is 1. The van der Waals surface area contributed by atoms with Crippen LogP contribution in [0.1, 0.15) is 33.6 Å². The molecule has 1 aliphatic heterocycles. The Hall–Kier alpha value is -0.610. The Morgan fingerprint density at radius 1 is 1.50 bits per heavy atom. The van der Waals surface area contributed by atoms with E-state index in [1.54, 1.807) is 0 Å². The molecular formula is C12H25N3O. The van der Waals surface area contributed by atoms with Crippen molar-refractivity contribution < 1.29 is 4.79 Å². The number of carbonyl (C=O) groups excluding carboxylic acids is 1. The summed E-state index contributed by atoms with van der Waals surface area (Å²) in [6, 6.07) is 0.570. The number of carbonyl (C=O) groups is 1. The summed E-state index contributed by atoms with van der Waals surface area (Å²) in [5, 5.41) is 2.97. The highest BCUT2D eigenvalue weighted by atomic mass is 16.1. The first-order valence-corrected chi connectivity index (χ1v) is 6.25. The zero-order valence-electron chi connectivity index (χ0n) is 10.7. The van der Waals surface area contributed by atoms with E-state index in [2.05, 4.69) is 24.1 Å². The van der Waals surface area contributed by atoms with Gasteiger partial charge in [0, 0.05) is 31.6 Å². The van der Waals surface area contributed by atoms with E-state index in [-0.39, 0.29) is 11.9 Å². The van der Waals surface area contributed by atoms with Crippen molar-refractivity contribution in [2.75, 3.05) is 19.6 Å². The zero-order chi connectivity index (χ0) is 12.1. The fourth-order valence-electron chi connectivity index (χ4n) is 2.12. The molecule has 0 aromatic carbocycles. The number of nitrogens with zero attached hydrogens (tertiary/aromatic N) is 1. The molecule has 0 aliphatic carbocycles. The largest absolute Gasteiger partial charge is 0.356 e. The van der Waals surface area contributed by atoms with Gasteiger partial charge in [0.05, 0.1) is 0 Å². The predicted octanol–water partition coefficient (Wildman–Crippen LogP) is 0.570. The fourth-order valence-corrected chi connectivity index (χ4v) is 2.12. The third kappa shape index (κ3) is 4.49. The van der Waals surface area contributed by atoms with E-state index >= 15 is 0 Å². The zero-order valence-corrected chi connectivity index (χ0v) is 10.7. The van der Waals surface area contributed by atoms with Crippen LogP contribution in [0.15, 0.2) is 0 Å². The number of nitrogens with one attached hydrogen (secondary N) is 1. The highest BCUT2D eigenvalue weighted by molar-refractivity contribution is 5.76. The molecular weight excluding hydrogens is 202 g/mol. The van der Waals surface area contributed by atoms with Gasteiger partial charge < -0.3 is 16.0 Å². The van der Waals surface area contributed by atoms with Crippen molar-refractivity contribution in [3.63, 3.8) is 0 Å². The molecule has 0 bridgehead atoms. The van der Waals surface area contributed by atoms with Crippen LogP contribution in [0.4, 0.5) is 0 Å². The smallest absolute Gasteiger partial charge is 0.221 e. The normalized spacial score (nSPS) is 23.7. The molecule has 1 amide bonds. The third-order valence-corrected chi connectivity index (χ3v) is 3.14. The molecule has 3 N–H and O–H groups in total. The lowest BCUT2D eigenvalue weighted by Crippen LogP contribution is -2.35. The molecule has 1 fully saturated rings. The molecule has 1 rings (SSSR count). The van der Waals surface area contributed by atoms with Gasteiger partial charge in [-0.3, -0.25) is 4.79 Å². The molecule has 0 saturated carbocycles. The van der Waals surface area contributed by atoms with Crippen LogP contribution >= 0.6 is 0 Å². The van der Waals surface area contributed by atoms with Crippen LogP contribution in [0.25, 0.3) is 0 Å². The molecule has 16 heavy (non-hydrogen) atoms. The maximum absolute atomic E-state index is 11.4. The average Bonchev–Trinajstić information content (AvgIpc) is 2.61. The summed E-state index contributed by atoms with van der Waals surface area (Å²) in [7, 11) is 0. The molecule has 4 nitrogen and oxygen atoms in total. The van der Waals surface area contributed by atoms with Gasteiger partial charge >= 0.3 is 0 Å². The number of likely N-dealkylation sites (tertiary alicyclic amines) is 1. The van der Waals surface area contributed by atoms with Gasteiger partial charge in [-0.25, -0.2) is 0 Å². The molecule has 94 valence electrons. The van der Waals surface area contributed by atoms with Gasteiger partial charge in [-0.05, 0) is 39.7 Å². The van der Waals surface area contributed by atoms with Crippen molar-refractivity contribution in [3.05, 3.63) is 0 Å². The van der Waals surface area contributed by atoms with Gasteiger partial charge in [-0.1, -0.05) is 0 Å². The quantitative estimate of drug-likeness (QED) is 0.722. The van der Waals surface area contributed by atoms with E-state index in [1.807, 2.05) is 6.92 Å². The van der Waals surface area contributed by atoms with Crippen LogP contribution in [-0.2, 0) is 4.79 Å². The number of amides is 1. The van der Waals surface area contributed by atoms with E-state index in [0.717, 1.165) is 19.6 Å². The maximum atomic E-state index is 11.4. The van der Waals surface area contributed by atoms with Crippen molar-refractivity contribution in [3.8, 4) is 0 Å². The first-order chi connectivity index (χ1) is 7.49. The van der Waals surface area contributed by atoms with Gasteiger partial charge in [0.15, 0.2) is 0 Å². The average molecular weight is 227 g/mol. The summed E-state index contributed by atoms with van der Waals surface area (Å²) >= 11 is 0. The monoisotopic (exact) mass is 227 g/mol. The van der Waals surface area contributed by atoms with E-state index in [0.29, 0.717) is 18.4 Å². The lowest BCUT2D eigenvalue weighted by molar-refractivity contribution is -0.121. The maximum Gasteiger partial charge on any atom is 0.221 e. The number of hydrogen-bond donors (Lipinski definition) is 2. The lowest BCUT2D eigenvalue weighted by Gasteiger charge is -2.20. The summed E-state index contributed by atoms with van der Waals surface area (Å²) in [5.41, 5.74) is 5.57. The van der Waals surface area contributed by atoms with E-state index in [4.69, 9.17) is 5.73 Å². The second-order valence-corrected chi connectivity index (χ2v) is 5.23. The van der Waals surface area contributed by atoms with E-state index in [9.17, 15) is 4.79 Å². The highest BCUT2D eigenvalue weighted by Gasteiger charge is 2.24. The summed E-state index contributed by atoms with van der Waals surface area (Å²) in [5.74, 6) is 0.692. The lowest BCUT2D eigenvalue weighted by atomic mass is 10.1. The summed E-state index contributed by atoms with van der Waals surface area (Å²) in [4.78, 5) is 13.9. The van der Waals surface area contributed by atoms with Gasteiger partial charge in [0.1, 0.15) is 0 Å². The molecule has 0 radical (unpaired) electrons. The molecule has 1 heterocycles. The molecule has 1 saturated heterocycles. The third-order valence-electron chi connectivity index (χ3n) is 3.14. The standard InChI is InChI=1S/C12H25N3O/c1-9(2)15-5-4-11(8-15)7-14-12(16)6-10(3)13/h9-11H,4-8,13H2,1-3H3,(H,14,16). The van der Waals surface area contributed by atoms with E-state index in [1.165, 1.54) is 6.42 Å². The molecule has 2 unspecified atom stereocenters. The molecule has 0 spiro atoms. The van der Waals surface area contributed by atoms with Gasteiger partial charge in [0.25, 0.3) is 0 Å². The van der Waals surface area contributed by atoms with Crippen molar-refractivity contribution in [1.29, 1.82) is 0 Å². The SMILES string of the molecule is CC(N)CC(=O)NCC1CCN(C(C)C)C1. The highest BCUT2D eigenvalue weighted by Crippen LogP contribution is 2.17. The Balaban J connectivity index is 2.17. The molecule has 0 aromatic rings. The first-order valence-electron chi connectivity index (χ1n) is 6.25. The van der Waals surface area contributed by atoms with Crippen molar-refractivity contribution in [1.82, 2.24) is 10.2 Å². The van der Waals surface area contributed by atoms with E-state index < -0.39 is 0 Å². The van der Waals surface area contributed by atoms with Gasteiger partial charge in [0.2, 0.25) is 5.91 Å². The first kappa shape index (κ1) is 13.5. The van der Waals surface area contributed by atoms with Crippen molar-refractivity contribution in [2.24, 2.45) is 11.7 Å². The summed E-state index contributed by atoms with van der Waals surface area (Å²) in [6.07, 6.45) is 1.62. The minimum Gasteiger partial charge on any atom is -0.356 e. The number of rotatable bonds is 5. The second kappa shape index (κ2) is 6.21. The van der Waals surface area contributed by atoms with Crippen LogP contribution in [0.5, 0.6) is 0 Å². The summed E-state index contributed by atoms with van der Waals surface area (Å²) < 4.78 is 0. The fraction of sp³-hybridized carbons (Fsp3) is 0.917. The van der Waals surface area contributed by atoms with Crippen LogP contribution in [0.2, 0.25) is 0 Å². The molecule has 4 heteroatoms. The van der Waals surface area contributed by atoms with Crippen molar-refractivity contribution >= 4 is 5.91 Å². The van der Waals surface area contributed by atoms with Crippen LogP contribution in [-0.4, -0.2) is 42.5 Å². The topological polar surface area (TPSA) is 58.4 Å². The second-order valence-electron chi connectivity index (χ2n) is 5.23. The minimum atomic E-state index is -0.0456. The Labute approximate surface area is 98.6 Å². The van der Waals surface area contributed by atoms with Gasteiger partial charge in [-0.2, -0.15) is 0 Å². The molecule has 2 atom stereocenters. The van der Waals surface area contributed by atoms with Crippen LogP contribution in [0.3, 0.4) is 0 Å². The van der Waals surface area contributed by atoms with Crippen LogP contribution < -0.4 is 11.1 Å².